The summed E-state index contributed by atoms with van der Waals surface area (Å²) in [5, 5.41) is 8.23. The maximum atomic E-state index is 8.23. The summed E-state index contributed by atoms with van der Waals surface area (Å²) in [4.78, 5) is 3.74. The van der Waals surface area contributed by atoms with Gasteiger partial charge in [0.25, 0.3) is 0 Å². The molecule has 42 valence electrons. The first-order valence-corrected chi connectivity index (χ1v) is 2.40. The van der Waals surface area contributed by atoms with Gasteiger partial charge in [0.2, 0.25) is 0 Å². The molecular formula is C6H8N2. The first kappa shape index (κ1) is 6.90. The van der Waals surface area contributed by atoms with Crippen LogP contribution in [0, 0.1) is 11.3 Å². The summed E-state index contributed by atoms with van der Waals surface area (Å²) in [5.41, 5.74) is 0.465. The lowest BCUT2D eigenvalue weighted by molar-refractivity contribution is 1.36. The molecule has 0 radical (unpaired) electrons. The minimum Gasteiger partial charge on any atom is -0.251 e. The Labute approximate surface area is 49.2 Å². The molecular weight excluding hydrogens is 100 g/mol. The van der Waals surface area contributed by atoms with Gasteiger partial charge in [-0.15, -0.1) is 0 Å². The Morgan fingerprint density at radius 2 is 2.25 bits per heavy atom. The van der Waals surface area contributed by atoms with Crippen LogP contribution in [0.25, 0.3) is 0 Å². The number of aliphatic imine (C=N–C) groups is 1. The van der Waals surface area contributed by atoms with Crippen molar-refractivity contribution in [3.8, 4) is 6.07 Å². The van der Waals surface area contributed by atoms with E-state index in [4.69, 9.17) is 5.26 Å². The Morgan fingerprint density at radius 3 is 2.38 bits per heavy atom. The van der Waals surface area contributed by atoms with Crippen molar-refractivity contribution >= 4 is 6.21 Å². The van der Waals surface area contributed by atoms with E-state index < -0.39 is 0 Å². The normalized spacial score (nSPS) is 11.9. The number of nitriles is 1. The van der Waals surface area contributed by atoms with Gasteiger partial charge in [0.1, 0.15) is 11.8 Å². The van der Waals surface area contributed by atoms with E-state index in [0.717, 1.165) is 0 Å². The summed E-state index contributed by atoms with van der Waals surface area (Å²) in [5.74, 6) is 0. The molecule has 0 heterocycles. The average Bonchev–Trinajstić information content (AvgIpc) is 1.83. The fourth-order valence-corrected chi connectivity index (χ4v) is 0.307. The first-order chi connectivity index (χ1) is 3.85. The van der Waals surface area contributed by atoms with Gasteiger partial charge in [-0.05, 0) is 13.8 Å². The van der Waals surface area contributed by atoms with Crippen molar-refractivity contribution in [2.24, 2.45) is 4.99 Å². The Bertz CT molecular complexity index is 148. The lowest BCUT2D eigenvalue weighted by atomic mass is 10.5. The van der Waals surface area contributed by atoms with Crippen LogP contribution >= 0.6 is 0 Å². The Morgan fingerprint density at radius 1 is 1.62 bits per heavy atom. The number of nitrogens with zero attached hydrogens (tertiary/aromatic N) is 2. The van der Waals surface area contributed by atoms with Gasteiger partial charge in [-0.2, -0.15) is 5.26 Å². The molecule has 0 N–H and O–H groups in total. The topological polar surface area (TPSA) is 36.1 Å². The minimum absolute atomic E-state index is 0.465. The average molecular weight is 108 g/mol. The number of hydrogen-bond donors (Lipinski definition) is 0. The lowest BCUT2D eigenvalue weighted by Gasteiger charge is -1.78. The molecule has 0 aromatic rings. The molecule has 0 bridgehead atoms. The zero-order valence-corrected chi connectivity index (χ0v) is 5.05. The number of rotatable bonds is 1. The second-order valence-electron chi connectivity index (χ2n) is 1.17. The first-order valence-electron chi connectivity index (χ1n) is 2.40. The minimum atomic E-state index is 0.465. The molecule has 2 nitrogen and oxygen atoms in total. The Hall–Kier alpha value is -1.10. The highest BCUT2D eigenvalue weighted by Crippen LogP contribution is 1.89. The molecule has 0 saturated heterocycles. The molecule has 0 unspecified atom stereocenters. The van der Waals surface area contributed by atoms with Crippen molar-refractivity contribution in [2.75, 3.05) is 0 Å². The second-order valence-corrected chi connectivity index (χ2v) is 1.17. The molecule has 0 rings (SSSR count). The quantitative estimate of drug-likeness (QED) is 0.370. The van der Waals surface area contributed by atoms with E-state index in [0.29, 0.717) is 5.70 Å². The molecule has 0 atom stereocenters. The summed E-state index contributed by atoms with van der Waals surface area (Å²) in [7, 11) is 0. The molecule has 0 fully saturated rings. The van der Waals surface area contributed by atoms with Crippen molar-refractivity contribution in [1.29, 1.82) is 5.26 Å². The highest BCUT2D eigenvalue weighted by Gasteiger charge is 1.80. The SMILES string of the molecule is CC=NC(C#N)=CC. The van der Waals surface area contributed by atoms with E-state index in [1.807, 2.05) is 6.07 Å². The highest BCUT2D eigenvalue weighted by atomic mass is 14.7. The van der Waals surface area contributed by atoms with E-state index in [1.165, 1.54) is 0 Å². The third-order valence-electron chi connectivity index (χ3n) is 0.656. The van der Waals surface area contributed by atoms with Gasteiger partial charge < -0.3 is 0 Å². The summed E-state index contributed by atoms with van der Waals surface area (Å²) < 4.78 is 0. The van der Waals surface area contributed by atoms with Crippen molar-refractivity contribution in [1.82, 2.24) is 0 Å². The fourth-order valence-electron chi connectivity index (χ4n) is 0.307. The molecule has 0 amide bonds. The van der Waals surface area contributed by atoms with Crippen molar-refractivity contribution in [2.45, 2.75) is 13.8 Å². The van der Waals surface area contributed by atoms with Crippen LogP contribution in [-0.2, 0) is 0 Å². The van der Waals surface area contributed by atoms with Crippen LogP contribution in [0.5, 0.6) is 0 Å². The van der Waals surface area contributed by atoms with Crippen LogP contribution in [0.2, 0.25) is 0 Å². The molecule has 8 heavy (non-hydrogen) atoms. The molecule has 0 saturated carbocycles. The zero-order chi connectivity index (χ0) is 6.41. The molecule has 0 spiro atoms. The van der Waals surface area contributed by atoms with Crippen LogP contribution in [0.3, 0.4) is 0 Å². The molecule has 0 aliphatic carbocycles. The van der Waals surface area contributed by atoms with Crippen LogP contribution in [0.15, 0.2) is 16.8 Å². The van der Waals surface area contributed by atoms with Crippen molar-refractivity contribution in [3.05, 3.63) is 11.8 Å². The molecule has 0 aromatic carbocycles. The third kappa shape index (κ3) is 2.14. The summed E-state index contributed by atoms with van der Waals surface area (Å²) in [6, 6.07) is 1.92. The van der Waals surface area contributed by atoms with Crippen molar-refractivity contribution in [3.63, 3.8) is 0 Å². The van der Waals surface area contributed by atoms with E-state index >= 15 is 0 Å². The summed E-state index contributed by atoms with van der Waals surface area (Å²) in [6.07, 6.45) is 3.26. The molecule has 2 heteroatoms. The molecule has 0 aromatic heterocycles. The van der Waals surface area contributed by atoms with Crippen LogP contribution in [0.4, 0.5) is 0 Å². The predicted molar refractivity (Wildman–Crippen MR) is 33.5 cm³/mol. The van der Waals surface area contributed by atoms with Crippen LogP contribution in [0.1, 0.15) is 13.8 Å². The predicted octanol–water partition coefficient (Wildman–Crippen LogP) is 1.50. The highest BCUT2D eigenvalue weighted by molar-refractivity contribution is 5.56. The van der Waals surface area contributed by atoms with Gasteiger partial charge in [0, 0.05) is 6.21 Å². The maximum absolute atomic E-state index is 8.23. The Balaban J connectivity index is 3.98. The van der Waals surface area contributed by atoms with E-state index in [1.54, 1.807) is 26.1 Å². The van der Waals surface area contributed by atoms with Crippen LogP contribution < -0.4 is 0 Å². The van der Waals surface area contributed by atoms with Gasteiger partial charge in [-0.3, -0.25) is 4.99 Å². The van der Waals surface area contributed by atoms with E-state index in [-0.39, 0.29) is 0 Å². The zero-order valence-electron chi connectivity index (χ0n) is 5.05. The third-order valence-corrected chi connectivity index (χ3v) is 0.656. The maximum Gasteiger partial charge on any atom is 0.135 e. The molecule has 0 aliphatic heterocycles. The number of hydrogen-bond acceptors (Lipinski definition) is 2. The monoisotopic (exact) mass is 108 g/mol. The fraction of sp³-hybridized carbons (Fsp3) is 0.333. The van der Waals surface area contributed by atoms with Gasteiger partial charge in [0.15, 0.2) is 0 Å². The van der Waals surface area contributed by atoms with Gasteiger partial charge in [-0.1, -0.05) is 6.08 Å². The summed E-state index contributed by atoms with van der Waals surface area (Å²) in [6.45, 7) is 3.56. The van der Waals surface area contributed by atoms with E-state index in [2.05, 4.69) is 4.99 Å². The van der Waals surface area contributed by atoms with E-state index in [9.17, 15) is 0 Å². The largest absolute Gasteiger partial charge is 0.251 e. The van der Waals surface area contributed by atoms with Crippen LogP contribution in [-0.4, -0.2) is 6.21 Å². The van der Waals surface area contributed by atoms with Gasteiger partial charge >= 0.3 is 0 Å². The Kier molecular flexibility index (Phi) is 3.51. The lowest BCUT2D eigenvalue weighted by Crippen LogP contribution is -1.68. The standard InChI is InChI=1S/C6H8N2/c1-3-6(5-7)8-4-2/h3-4H,1-2H3. The van der Waals surface area contributed by atoms with Gasteiger partial charge in [0.05, 0.1) is 0 Å². The number of allylic oxidation sites excluding steroid dienone is 2. The second kappa shape index (κ2) is 4.07. The summed E-state index contributed by atoms with van der Waals surface area (Å²) >= 11 is 0. The molecule has 0 aliphatic rings. The van der Waals surface area contributed by atoms with Crippen molar-refractivity contribution < 1.29 is 0 Å². The van der Waals surface area contributed by atoms with Gasteiger partial charge in [-0.25, -0.2) is 0 Å². The smallest absolute Gasteiger partial charge is 0.135 e.